The van der Waals surface area contributed by atoms with E-state index in [4.69, 9.17) is 0 Å². The van der Waals surface area contributed by atoms with E-state index in [1.165, 1.54) is 24.3 Å². The normalized spacial score (nSPS) is 12.4. The minimum atomic E-state index is -5.66. The van der Waals surface area contributed by atoms with Gasteiger partial charge in [0.15, 0.2) is 0 Å². The molecule has 0 unspecified atom stereocenters. The minimum Gasteiger partial charge on any atom is -0.410 e. The zero-order chi connectivity index (χ0) is 16.3. The number of amides is 1. The lowest BCUT2D eigenvalue weighted by Gasteiger charge is -2.23. The van der Waals surface area contributed by atoms with E-state index in [1.54, 1.807) is 0 Å². The molecule has 1 N–H and O–H groups in total. The van der Waals surface area contributed by atoms with Gasteiger partial charge in [-0.25, -0.2) is 4.79 Å². The molecular weight excluding hydrogens is 304 g/mol. The minimum absolute atomic E-state index is 0.159. The molecule has 0 fully saturated rings. The van der Waals surface area contributed by atoms with Crippen LogP contribution in [0, 0.1) is 0 Å². The molecule has 0 spiro atoms. The van der Waals surface area contributed by atoms with Gasteiger partial charge in [0.05, 0.1) is 0 Å². The van der Waals surface area contributed by atoms with Crippen molar-refractivity contribution in [3.63, 3.8) is 0 Å². The molecule has 118 valence electrons. The summed E-state index contributed by atoms with van der Waals surface area (Å²) in [7, 11) is 0. The molecule has 9 heteroatoms. The zero-order valence-electron chi connectivity index (χ0n) is 10.7. The molecule has 21 heavy (non-hydrogen) atoms. The number of aryl methyl sites for hydroxylation is 1. The van der Waals surface area contributed by atoms with Gasteiger partial charge in [0, 0.05) is 0 Å². The van der Waals surface area contributed by atoms with Crippen LogP contribution >= 0.6 is 0 Å². The molecule has 0 aromatic heterocycles. The molecule has 1 aromatic carbocycles. The number of carbonyl (C=O) groups excluding carboxylic acids is 1. The average molecular weight is 315 g/mol. The van der Waals surface area contributed by atoms with Crippen molar-refractivity contribution in [3.05, 3.63) is 29.8 Å². The second-order valence-electron chi connectivity index (χ2n) is 4.05. The largest absolute Gasteiger partial charge is 0.417 e. The van der Waals surface area contributed by atoms with Crippen molar-refractivity contribution in [2.45, 2.75) is 31.7 Å². The molecule has 0 radical (unpaired) electrons. The second kappa shape index (κ2) is 6.23. The molecule has 0 saturated carbocycles. The molecule has 0 atom stereocenters. The summed E-state index contributed by atoms with van der Waals surface area (Å²) in [4.78, 5) is 11.1. The van der Waals surface area contributed by atoms with Crippen LogP contribution in [0.15, 0.2) is 24.3 Å². The molecule has 0 aliphatic heterocycles. The molecule has 0 bridgehead atoms. The Hall–Kier alpha value is -1.93. The van der Waals surface area contributed by atoms with E-state index in [2.05, 4.69) is 4.74 Å². The van der Waals surface area contributed by atoms with Gasteiger partial charge in [0.2, 0.25) is 6.04 Å². The molecule has 3 nitrogen and oxygen atoms in total. The highest BCUT2D eigenvalue weighted by atomic mass is 19.4. The van der Waals surface area contributed by atoms with Crippen LogP contribution in [-0.4, -0.2) is 24.5 Å². The van der Waals surface area contributed by atoms with Crippen molar-refractivity contribution in [3.8, 4) is 5.75 Å². The summed E-state index contributed by atoms with van der Waals surface area (Å²) in [5.74, 6) is -0.159. The average Bonchev–Trinajstić information content (AvgIpc) is 2.34. The number of hydrogen-bond donors (Lipinski definition) is 1. The summed E-state index contributed by atoms with van der Waals surface area (Å²) < 4.78 is 77.7. The van der Waals surface area contributed by atoms with Crippen molar-refractivity contribution in [1.29, 1.82) is 0 Å². The molecule has 0 heterocycles. The van der Waals surface area contributed by atoms with Crippen molar-refractivity contribution in [1.82, 2.24) is 5.32 Å². The van der Waals surface area contributed by atoms with Crippen molar-refractivity contribution >= 4 is 6.09 Å². The fourth-order valence-corrected chi connectivity index (χ4v) is 1.40. The van der Waals surface area contributed by atoms with E-state index in [0.29, 0.717) is 6.42 Å². The number of rotatable bonds is 3. The quantitative estimate of drug-likeness (QED) is 0.861. The van der Waals surface area contributed by atoms with Gasteiger partial charge in [0.1, 0.15) is 5.75 Å². The first-order valence-corrected chi connectivity index (χ1v) is 5.74. The first kappa shape index (κ1) is 17.1. The number of nitrogens with one attached hydrogen (secondary N) is 1. The van der Waals surface area contributed by atoms with Crippen molar-refractivity contribution in [2.75, 3.05) is 0 Å². The Kier molecular flexibility index (Phi) is 5.08. The molecule has 0 aliphatic carbocycles. The third-order valence-electron chi connectivity index (χ3n) is 2.46. The predicted octanol–water partition coefficient (Wildman–Crippen LogP) is 3.83. The lowest BCUT2D eigenvalue weighted by atomic mass is 10.2. The highest BCUT2D eigenvalue weighted by Gasteiger charge is 2.57. The topological polar surface area (TPSA) is 38.3 Å². The summed E-state index contributed by atoms with van der Waals surface area (Å²) in [6, 6.07) is 1.64. The fourth-order valence-electron chi connectivity index (χ4n) is 1.40. The summed E-state index contributed by atoms with van der Waals surface area (Å²) in [6.45, 7) is 1.85. The van der Waals surface area contributed by atoms with E-state index >= 15 is 0 Å². The molecule has 1 rings (SSSR count). The third kappa shape index (κ3) is 5.16. The highest BCUT2D eigenvalue weighted by molar-refractivity contribution is 5.70. The molecule has 1 amide bonds. The molecule has 0 saturated heterocycles. The number of halogens is 6. The van der Waals surface area contributed by atoms with Gasteiger partial charge in [-0.05, 0) is 24.1 Å². The lowest BCUT2D eigenvalue weighted by Crippen LogP contribution is -2.55. The van der Waals surface area contributed by atoms with Crippen molar-refractivity contribution < 1.29 is 35.9 Å². The van der Waals surface area contributed by atoms with Crippen molar-refractivity contribution in [2.24, 2.45) is 0 Å². The van der Waals surface area contributed by atoms with Gasteiger partial charge in [0.25, 0.3) is 0 Å². The first-order chi connectivity index (χ1) is 9.54. The van der Waals surface area contributed by atoms with E-state index < -0.39 is 24.5 Å². The van der Waals surface area contributed by atoms with Crippen LogP contribution in [-0.2, 0) is 6.42 Å². The summed E-state index contributed by atoms with van der Waals surface area (Å²) >= 11 is 0. The monoisotopic (exact) mass is 315 g/mol. The van der Waals surface area contributed by atoms with E-state index in [9.17, 15) is 31.1 Å². The van der Waals surface area contributed by atoms with E-state index in [-0.39, 0.29) is 5.75 Å². The number of ether oxygens (including phenoxy) is 1. The number of alkyl halides is 6. The Morgan fingerprint density at radius 3 is 1.95 bits per heavy atom. The summed E-state index contributed by atoms with van der Waals surface area (Å²) in [5, 5.41) is 0.763. The molecular formula is C12H11F6NO2. The Labute approximate surface area is 115 Å². The number of hydrogen-bond acceptors (Lipinski definition) is 2. The first-order valence-electron chi connectivity index (χ1n) is 5.74. The standard InChI is InChI=1S/C12H11F6NO2/c1-2-7-3-5-8(6-4-7)21-10(20)19-9(11(13,14)15)12(16,17)18/h3-6,9H,2H2,1H3,(H,19,20). The fraction of sp³-hybridized carbons (Fsp3) is 0.417. The van der Waals surface area contributed by atoms with E-state index in [1.807, 2.05) is 6.92 Å². The van der Waals surface area contributed by atoms with Gasteiger partial charge < -0.3 is 10.1 Å². The van der Waals surface area contributed by atoms with Crippen LogP contribution in [0.25, 0.3) is 0 Å². The maximum absolute atomic E-state index is 12.2. The zero-order valence-corrected chi connectivity index (χ0v) is 10.7. The number of carbonyl (C=O) groups is 1. The van der Waals surface area contributed by atoms with Gasteiger partial charge in [-0.1, -0.05) is 19.1 Å². The second-order valence-corrected chi connectivity index (χ2v) is 4.05. The van der Waals surface area contributed by atoms with Gasteiger partial charge >= 0.3 is 18.4 Å². The Morgan fingerprint density at radius 2 is 1.57 bits per heavy atom. The molecule has 0 aliphatic rings. The Bertz CT molecular complexity index is 466. The van der Waals surface area contributed by atoms with Crippen LogP contribution in [0.4, 0.5) is 31.1 Å². The van der Waals surface area contributed by atoms with Gasteiger partial charge in [-0.3, -0.25) is 0 Å². The van der Waals surface area contributed by atoms with Gasteiger partial charge in [-0.2, -0.15) is 26.3 Å². The van der Waals surface area contributed by atoms with Crippen LogP contribution < -0.4 is 10.1 Å². The lowest BCUT2D eigenvalue weighted by molar-refractivity contribution is -0.255. The molecule has 1 aromatic rings. The van der Waals surface area contributed by atoms with Crippen LogP contribution in [0.2, 0.25) is 0 Å². The van der Waals surface area contributed by atoms with E-state index in [0.717, 1.165) is 10.9 Å². The van der Waals surface area contributed by atoms with Crippen LogP contribution in [0.3, 0.4) is 0 Å². The Balaban J connectivity index is 2.74. The third-order valence-corrected chi connectivity index (χ3v) is 2.46. The Morgan fingerprint density at radius 1 is 1.10 bits per heavy atom. The van der Waals surface area contributed by atoms with Crippen LogP contribution in [0.5, 0.6) is 5.75 Å². The summed E-state index contributed by atoms with van der Waals surface area (Å²) in [6.07, 6.45) is -12.5. The highest BCUT2D eigenvalue weighted by Crippen LogP contribution is 2.33. The maximum atomic E-state index is 12.2. The number of benzene rings is 1. The smallest absolute Gasteiger partial charge is 0.410 e. The SMILES string of the molecule is CCc1ccc(OC(=O)NC(C(F)(F)F)C(F)(F)F)cc1. The van der Waals surface area contributed by atoms with Crippen LogP contribution in [0.1, 0.15) is 12.5 Å². The van der Waals surface area contributed by atoms with Gasteiger partial charge in [-0.15, -0.1) is 0 Å². The summed E-state index contributed by atoms with van der Waals surface area (Å²) in [5.41, 5.74) is 0.867. The predicted molar refractivity (Wildman–Crippen MR) is 60.9 cm³/mol. The maximum Gasteiger partial charge on any atom is 0.417 e.